The summed E-state index contributed by atoms with van der Waals surface area (Å²) in [6.07, 6.45) is 0.407. The Morgan fingerprint density at radius 3 is 2.48 bits per heavy atom. The zero-order chi connectivity index (χ0) is 16.0. The number of carboxylic acids is 1. The maximum atomic E-state index is 11.7. The van der Waals surface area contributed by atoms with Crippen molar-refractivity contribution in [2.24, 2.45) is 0 Å². The second-order valence-corrected chi connectivity index (χ2v) is 4.53. The smallest absolute Gasteiger partial charge is 0.330 e. The van der Waals surface area contributed by atoms with Gasteiger partial charge in [0.25, 0.3) is 0 Å². The number of hydrogen-bond acceptors (Lipinski definition) is 6. The molecule has 21 heavy (non-hydrogen) atoms. The van der Waals surface area contributed by atoms with Crippen molar-refractivity contribution in [1.29, 1.82) is 0 Å². The van der Waals surface area contributed by atoms with Crippen molar-refractivity contribution in [3.63, 3.8) is 0 Å². The van der Waals surface area contributed by atoms with E-state index >= 15 is 0 Å². The van der Waals surface area contributed by atoms with Gasteiger partial charge in [-0.25, -0.2) is 9.59 Å². The van der Waals surface area contributed by atoms with E-state index in [9.17, 15) is 19.2 Å². The third-order valence-corrected chi connectivity index (χ3v) is 3.05. The van der Waals surface area contributed by atoms with E-state index in [1.54, 1.807) is 0 Å². The molecule has 9 nitrogen and oxygen atoms in total. The molecule has 2 atom stereocenters. The molecule has 118 valence electrons. The van der Waals surface area contributed by atoms with Crippen LogP contribution in [-0.4, -0.2) is 72.7 Å². The highest BCUT2D eigenvalue weighted by atomic mass is 16.5. The average Bonchev–Trinajstić information content (AvgIpc) is 2.81. The second kappa shape index (κ2) is 7.58. The highest BCUT2D eigenvalue weighted by molar-refractivity contribution is 5.86. The SMILES string of the molecule is COC(=O)[C@@H]1[C@@H](NC(=O)COCC(=O)O)CCN1C(C)=O. The van der Waals surface area contributed by atoms with Gasteiger partial charge in [-0.15, -0.1) is 0 Å². The van der Waals surface area contributed by atoms with E-state index in [4.69, 9.17) is 5.11 Å². The average molecular weight is 302 g/mol. The first kappa shape index (κ1) is 16.9. The Morgan fingerprint density at radius 1 is 1.29 bits per heavy atom. The van der Waals surface area contributed by atoms with Crippen LogP contribution in [0.2, 0.25) is 0 Å². The van der Waals surface area contributed by atoms with E-state index in [-0.39, 0.29) is 5.91 Å². The first-order chi connectivity index (χ1) is 9.86. The summed E-state index contributed by atoms with van der Waals surface area (Å²) < 4.78 is 9.30. The predicted molar refractivity (Wildman–Crippen MR) is 68.2 cm³/mol. The van der Waals surface area contributed by atoms with Crippen LogP contribution in [0.5, 0.6) is 0 Å². The van der Waals surface area contributed by atoms with Gasteiger partial charge in [0.15, 0.2) is 0 Å². The number of likely N-dealkylation sites (tertiary alicyclic amines) is 1. The lowest BCUT2D eigenvalue weighted by atomic mass is 10.1. The maximum Gasteiger partial charge on any atom is 0.330 e. The van der Waals surface area contributed by atoms with Crippen molar-refractivity contribution < 1.29 is 33.8 Å². The number of hydrogen-bond donors (Lipinski definition) is 2. The Bertz CT molecular complexity index is 437. The minimum Gasteiger partial charge on any atom is -0.480 e. The number of amides is 2. The van der Waals surface area contributed by atoms with E-state index in [0.29, 0.717) is 13.0 Å². The molecule has 0 spiro atoms. The Labute approximate surface area is 121 Å². The minimum atomic E-state index is -1.18. The summed E-state index contributed by atoms with van der Waals surface area (Å²) in [4.78, 5) is 46.4. The lowest BCUT2D eigenvalue weighted by molar-refractivity contribution is -0.151. The summed E-state index contributed by atoms with van der Waals surface area (Å²) in [5, 5.41) is 10.9. The fraction of sp³-hybridized carbons (Fsp3) is 0.667. The van der Waals surface area contributed by atoms with Crippen molar-refractivity contribution in [1.82, 2.24) is 10.2 Å². The van der Waals surface area contributed by atoms with Crippen LogP contribution in [0.25, 0.3) is 0 Å². The zero-order valence-corrected chi connectivity index (χ0v) is 11.8. The van der Waals surface area contributed by atoms with Gasteiger partial charge in [0.05, 0.1) is 13.2 Å². The first-order valence-electron chi connectivity index (χ1n) is 6.30. The summed E-state index contributed by atoms with van der Waals surface area (Å²) in [6.45, 7) is 0.640. The lowest BCUT2D eigenvalue weighted by Gasteiger charge is -2.25. The number of nitrogens with one attached hydrogen (secondary N) is 1. The number of esters is 1. The standard InChI is InChI=1S/C12H18N2O7/c1-7(15)14-4-3-8(11(14)12(19)20-2)13-9(16)5-21-6-10(17)18/h8,11H,3-6H2,1-2H3,(H,13,16)(H,17,18)/t8-,11-/m0/s1. The monoisotopic (exact) mass is 302 g/mol. The molecule has 0 aromatic rings. The van der Waals surface area contributed by atoms with Crippen LogP contribution in [-0.2, 0) is 28.7 Å². The van der Waals surface area contributed by atoms with Crippen LogP contribution in [0, 0.1) is 0 Å². The number of ether oxygens (including phenoxy) is 2. The molecule has 0 bridgehead atoms. The first-order valence-corrected chi connectivity index (χ1v) is 6.30. The van der Waals surface area contributed by atoms with Gasteiger partial charge < -0.3 is 24.8 Å². The van der Waals surface area contributed by atoms with Crippen LogP contribution >= 0.6 is 0 Å². The highest BCUT2D eigenvalue weighted by Crippen LogP contribution is 2.19. The molecule has 0 saturated carbocycles. The van der Waals surface area contributed by atoms with E-state index in [1.165, 1.54) is 18.9 Å². The van der Waals surface area contributed by atoms with Crippen LogP contribution in [0.15, 0.2) is 0 Å². The van der Waals surface area contributed by atoms with Crippen molar-refractivity contribution in [2.45, 2.75) is 25.4 Å². The summed E-state index contributed by atoms with van der Waals surface area (Å²) in [6, 6.07) is -1.46. The molecule has 9 heteroatoms. The molecular formula is C12H18N2O7. The van der Waals surface area contributed by atoms with Crippen molar-refractivity contribution >= 4 is 23.8 Å². The van der Waals surface area contributed by atoms with Crippen LogP contribution < -0.4 is 5.32 Å². The van der Waals surface area contributed by atoms with Gasteiger partial charge in [-0.05, 0) is 6.42 Å². The normalized spacial score (nSPS) is 21.0. The molecule has 0 unspecified atom stereocenters. The third-order valence-electron chi connectivity index (χ3n) is 3.05. The number of methoxy groups -OCH3 is 1. The van der Waals surface area contributed by atoms with Gasteiger partial charge in [-0.1, -0.05) is 0 Å². The molecule has 0 radical (unpaired) electrons. The molecule has 1 rings (SSSR count). The van der Waals surface area contributed by atoms with Crippen LogP contribution in [0.3, 0.4) is 0 Å². The molecule has 2 N–H and O–H groups in total. The molecule has 0 aromatic heterocycles. The van der Waals surface area contributed by atoms with Gasteiger partial charge >= 0.3 is 11.9 Å². The van der Waals surface area contributed by atoms with Gasteiger partial charge in [-0.3, -0.25) is 9.59 Å². The quantitative estimate of drug-likeness (QED) is 0.564. The molecule has 1 heterocycles. The van der Waals surface area contributed by atoms with E-state index < -0.39 is 43.1 Å². The molecule has 1 saturated heterocycles. The summed E-state index contributed by atoms with van der Waals surface area (Å²) in [5.41, 5.74) is 0. The lowest BCUT2D eigenvalue weighted by Crippen LogP contribution is -2.51. The summed E-state index contributed by atoms with van der Waals surface area (Å²) in [7, 11) is 1.20. The van der Waals surface area contributed by atoms with E-state index in [0.717, 1.165) is 0 Å². The molecule has 1 fully saturated rings. The molecule has 1 aliphatic rings. The molecular weight excluding hydrogens is 284 g/mol. The van der Waals surface area contributed by atoms with E-state index in [1.807, 2.05) is 0 Å². The minimum absolute atomic E-state index is 0.288. The van der Waals surface area contributed by atoms with Gasteiger partial charge in [0.2, 0.25) is 11.8 Å². The largest absolute Gasteiger partial charge is 0.480 e. The van der Waals surface area contributed by atoms with Crippen molar-refractivity contribution in [2.75, 3.05) is 26.9 Å². The third kappa shape index (κ3) is 4.71. The summed E-state index contributed by atoms with van der Waals surface area (Å²) in [5.74, 6) is -2.64. The predicted octanol–water partition coefficient (Wildman–Crippen LogP) is -1.63. The zero-order valence-electron chi connectivity index (χ0n) is 11.8. The number of carbonyl (C=O) groups is 4. The number of rotatable bonds is 6. The topological polar surface area (TPSA) is 122 Å². The Hall–Kier alpha value is -2.16. The number of nitrogens with zero attached hydrogens (tertiary/aromatic N) is 1. The van der Waals surface area contributed by atoms with Gasteiger partial charge in [0, 0.05) is 13.5 Å². The number of aliphatic carboxylic acids is 1. The second-order valence-electron chi connectivity index (χ2n) is 4.53. The Balaban J connectivity index is 2.60. The maximum absolute atomic E-state index is 11.7. The van der Waals surface area contributed by atoms with Gasteiger partial charge in [-0.2, -0.15) is 0 Å². The van der Waals surface area contributed by atoms with Crippen LogP contribution in [0.1, 0.15) is 13.3 Å². The number of carboxylic acid groups (broad SMARTS) is 1. The fourth-order valence-corrected chi connectivity index (χ4v) is 2.19. The van der Waals surface area contributed by atoms with Crippen LogP contribution in [0.4, 0.5) is 0 Å². The van der Waals surface area contributed by atoms with Gasteiger partial charge in [0.1, 0.15) is 19.3 Å². The summed E-state index contributed by atoms with van der Waals surface area (Å²) >= 11 is 0. The molecule has 0 aromatic carbocycles. The number of carbonyl (C=O) groups excluding carboxylic acids is 3. The molecule has 0 aliphatic carbocycles. The Kier molecular flexibility index (Phi) is 6.10. The Morgan fingerprint density at radius 2 is 1.95 bits per heavy atom. The highest BCUT2D eigenvalue weighted by Gasteiger charge is 2.42. The fourth-order valence-electron chi connectivity index (χ4n) is 2.19. The molecule has 2 amide bonds. The van der Waals surface area contributed by atoms with Crippen molar-refractivity contribution in [3.05, 3.63) is 0 Å². The van der Waals surface area contributed by atoms with E-state index in [2.05, 4.69) is 14.8 Å². The molecule has 1 aliphatic heterocycles. The van der Waals surface area contributed by atoms with Crippen molar-refractivity contribution in [3.8, 4) is 0 Å².